The van der Waals surface area contributed by atoms with Crippen molar-refractivity contribution in [2.45, 2.75) is 32.3 Å². The number of ether oxygens (including phenoxy) is 2. The van der Waals surface area contributed by atoms with Gasteiger partial charge in [-0.05, 0) is 38.0 Å². The average molecular weight is 403 g/mol. The molecule has 1 fully saturated rings. The average Bonchev–Trinajstić information content (AvgIpc) is 2.91. The first-order valence-electron chi connectivity index (χ1n) is 9.78. The Bertz CT molecular complexity index is 1110. The second-order valence-corrected chi connectivity index (χ2v) is 8.02. The van der Waals surface area contributed by atoms with Gasteiger partial charge in [-0.3, -0.25) is 9.69 Å². The lowest BCUT2D eigenvalue weighted by Crippen LogP contribution is -2.39. The molecule has 1 amide bonds. The predicted octanol–water partition coefficient (Wildman–Crippen LogP) is 2.98. The van der Waals surface area contributed by atoms with Gasteiger partial charge in [0.05, 0.1) is 42.4 Å². The number of hydrogen-bond acceptors (Lipinski definition) is 7. The van der Waals surface area contributed by atoms with Crippen molar-refractivity contribution in [3.8, 4) is 17.1 Å². The maximum absolute atomic E-state index is 13.3. The minimum atomic E-state index is -0.657. The van der Waals surface area contributed by atoms with E-state index < -0.39 is 5.41 Å². The van der Waals surface area contributed by atoms with Crippen LogP contribution in [0.3, 0.4) is 0 Å². The molecule has 1 saturated heterocycles. The largest absolute Gasteiger partial charge is 0.455 e. The molecule has 0 aliphatic carbocycles. The van der Waals surface area contributed by atoms with Gasteiger partial charge in [-0.1, -0.05) is 12.1 Å². The van der Waals surface area contributed by atoms with Crippen LogP contribution in [-0.4, -0.2) is 45.2 Å². The van der Waals surface area contributed by atoms with Crippen LogP contribution >= 0.6 is 0 Å². The molecule has 0 N–H and O–H groups in total. The van der Waals surface area contributed by atoms with Gasteiger partial charge in [0.2, 0.25) is 5.91 Å². The predicted molar refractivity (Wildman–Crippen MR) is 110 cm³/mol. The van der Waals surface area contributed by atoms with Gasteiger partial charge >= 0.3 is 6.01 Å². The lowest BCUT2D eigenvalue weighted by atomic mass is 9.85. The van der Waals surface area contributed by atoms with Crippen molar-refractivity contribution in [1.29, 1.82) is 0 Å². The minimum Gasteiger partial charge on any atom is -0.455 e. The number of amides is 1. The highest BCUT2D eigenvalue weighted by atomic mass is 16.6. The van der Waals surface area contributed by atoms with Crippen LogP contribution in [0.15, 0.2) is 43.0 Å². The zero-order valence-corrected chi connectivity index (χ0v) is 17.0. The second-order valence-electron chi connectivity index (χ2n) is 8.02. The number of carbonyl (C=O) groups is 1. The SMILES string of the molecule is Cc1ncc(-c2ccc3c(c2)N(c2cnc(OC4COC4)nc2)C(=O)C3(C)C)cn1. The highest BCUT2D eigenvalue weighted by Crippen LogP contribution is 2.46. The number of fused-ring (bicyclic) bond motifs is 1. The number of carbonyl (C=O) groups excluding carboxylic acids is 1. The highest BCUT2D eigenvalue weighted by Gasteiger charge is 2.45. The first-order valence-corrected chi connectivity index (χ1v) is 9.78. The summed E-state index contributed by atoms with van der Waals surface area (Å²) in [4.78, 5) is 32.1. The third-order valence-corrected chi connectivity index (χ3v) is 5.52. The number of benzene rings is 1. The van der Waals surface area contributed by atoms with Crippen LogP contribution in [0.1, 0.15) is 25.2 Å². The molecule has 3 aromatic rings. The van der Waals surface area contributed by atoms with Crippen LogP contribution in [0.5, 0.6) is 6.01 Å². The van der Waals surface area contributed by atoms with Gasteiger partial charge in [-0.25, -0.2) is 19.9 Å². The topological polar surface area (TPSA) is 90.3 Å². The molecule has 0 saturated carbocycles. The number of anilines is 2. The van der Waals surface area contributed by atoms with Crippen molar-refractivity contribution in [3.63, 3.8) is 0 Å². The summed E-state index contributed by atoms with van der Waals surface area (Å²) in [5, 5.41) is 0. The monoisotopic (exact) mass is 403 g/mol. The van der Waals surface area contributed by atoms with Crippen molar-refractivity contribution < 1.29 is 14.3 Å². The van der Waals surface area contributed by atoms with Gasteiger partial charge in [-0.15, -0.1) is 0 Å². The smallest absolute Gasteiger partial charge is 0.316 e. The summed E-state index contributed by atoms with van der Waals surface area (Å²) in [6.07, 6.45) is 6.80. The molecule has 4 heterocycles. The van der Waals surface area contributed by atoms with Gasteiger partial charge in [-0.2, -0.15) is 0 Å². The van der Waals surface area contributed by atoms with Crippen LogP contribution < -0.4 is 9.64 Å². The van der Waals surface area contributed by atoms with Crippen molar-refractivity contribution in [2.75, 3.05) is 18.1 Å². The number of hydrogen-bond donors (Lipinski definition) is 0. The van der Waals surface area contributed by atoms with E-state index in [1.165, 1.54) is 0 Å². The Balaban J connectivity index is 1.52. The number of nitrogens with zero attached hydrogens (tertiary/aromatic N) is 5. The molecule has 2 aliphatic heterocycles. The molecule has 0 atom stereocenters. The molecule has 0 radical (unpaired) electrons. The normalized spacial score (nSPS) is 17.6. The third-order valence-electron chi connectivity index (χ3n) is 5.52. The van der Waals surface area contributed by atoms with Crippen LogP contribution in [0.25, 0.3) is 11.1 Å². The van der Waals surface area contributed by atoms with Crippen LogP contribution in [0.2, 0.25) is 0 Å². The molecule has 0 unspecified atom stereocenters. The second kappa shape index (κ2) is 6.84. The molecular formula is C22H21N5O3. The van der Waals surface area contributed by atoms with Gasteiger partial charge < -0.3 is 9.47 Å². The van der Waals surface area contributed by atoms with E-state index >= 15 is 0 Å². The van der Waals surface area contributed by atoms with Crippen LogP contribution in [0, 0.1) is 6.92 Å². The van der Waals surface area contributed by atoms with Gasteiger partial charge in [0, 0.05) is 18.0 Å². The Kier molecular flexibility index (Phi) is 4.25. The summed E-state index contributed by atoms with van der Waals surface area (Å²) >= 11 is 0. The molecule has 0 bridgehead atoms. The van der Waals surface area contributed by atoms with Crippen molar-refractivity contribution in [2.24, 2.45) is 0 Å². The maximum atomic E-state index is 13.3. The van der Waals surface area contributed by atoms with Gasteiger partial charge in [0.15, 0.2) is 0 Å². The molecule has 2 aliphatic rings. The molecule has 8 nitrogen and oxygen atoms in total. The quantitative estimate of drug-likeness (QED) is 0.661. The zero-order valence-electron chi connectivity index (χ0n) is 17.0. The van der Waals surface area contributed by atoms with E-state index in [0.717, 1.165) is 22.4 Å². The maximum Gasteiger partial charge on any atom is 0.316 e. The number of aromatic nitrogens is 4. The molecular weight excluding hydrogens is 382 g/mol. The molecule has 8 heteroatoms. The van der Waals surface area contributed by atoms with Crippen LogP contribution in [-0.2, 0) is 14.9 Å². The summed E-state index contributed by atoms with van der Waals surface area (Å²) in [5.74, 6) is 0.685. The Hall–Kier alpha value is -3.39. The Morgan fingerprint density at radius 2 is 1.73 bits per heavy atom. The van der Waals surface area contributed by atoms with E-state index in [0.29, 0.717) is 24.7 Å². The minimum absolute atomic E-state index is 0.0109. The Morgan fingerprint density at radius 3 is 2.37 bits per heavy atom. The molecule has 152 valence electrons. The Morgan fingerprint density at radius 1 is 1.03 bits per heavy atom. The summed E-state index contributed by atoms with van der Waals surface area (Å²) < 4.78 is 10.7. The van der Waals surface area contributed by atoms with E-state index in [2.05, 4.69) is 19.9 Å². The number of aryl methyl sites for hydroxylation is 1. The first-order chi connectivity index (χ1) is 14.4. The van der Waals surface area contributed by atoms with E-state index in [1.54, 1.807) is 29.7 Å². The fraction of sp³-hybridized carbons (Fsp3) is 0.318. The van der Waals surface area contributed by atoms with Gasteiger partial charge in [0.25, 0.3) is 0 Å². The zero-order chi connectivity index (χ0) is 20.9. The fourth-order valence-corrected chi connectivity index (χ4v) is 3.64. The molecule has 30 heavy (non-hydrogen) atoms. The summed E-state index contributed by atoms with van der Waals surface area (Å²) in [6, 6.07) is 6.27. The fourth-order valence-electron chi connectivity index (χ4n) is 3.64. The summed E-state index contributed by atoms with van der Waals surface area (Å²) in [7, 11) is 0. The molecule has 1 aromatic carbocycles. The summed E-state index contributed by atoms with van der Waals surface area (Å²) in [6.45, 7) is 6.79. The van der Waals surface area contributed by atoms with Crippen molar-refractivity contribution >= 4 is 17.3 Å². The van der Waals surface area contributed by atoms with E-state index in [1.807, 2.05) is 39.0 Å². The molecule has 2 aromatic heterocycles. The number of rotatable bonds is 4. The highest BCUT2D eigenvalue weighted by molar-refractivity contribution is 6.12. The molecule has 5 rings (SSSR count). The standard InChI is InChI=1S/C22H21N5O3/c1-13-23-7-15(8-24-13)14-4-5-18-19(6-14)27(20(28)22(18,2)3)16-9-25-21(26-10-16)30-17-11-29-12-17/h4-10,17H,11-12H2,1-3H3. The Labute approximate surface area is 173 Å². The lowest BCUT2D eigenvalue weighted by molar-refractivity contribution is -0.121. The summed E-state index contributed by atoms with van der Waals surface area (Å²) in [5.41, 5.74) is 3.54. The van der Waals surface area contributed by atoms with Crippen molar-refractivity contribution in [1.82, 2.24) is 19.9 Å². The van der Waals surface area contributed by atoms with Gasteiger partial charge in [0.1, 0.15) is 11.9 Å². The van der Waals surface area contributed by atoms with E-state index in [9.17, 15) is 4.79 Å². The van der Waals surface area contributed by atoms with E-state index in [-0.39, 0.29) is 18.0 Å². The first kappa shape index (κ1) is 18.6. The molecule has 0 spiro atoms. The lowest BCUT2D eigenvalue weighted by Gasteiger charge is -2.25. The van der Waals surface area contributed by atoms with Crippen molar-refractivity contribution in [3.05, 3.63) is 54.4 Å². The van der Waals surface area contributed by atoms with Crippen LogP contribution in [0.4, 0.5) is 11.4 Å². The third kappa shape index (κ3) is 3.00. The van der Waals surface area contributed by atoms with E-state index in [4.69, 9.17) is 9.47 Å².